The maximum absolute atomic E-state index is 11.2. The Morgan fingerprint density at radius 2 is 1.31 bits per heavy atom. The highest BCUT2D eigenvalue weighted by atomic mass is 16.5. The average Bonchev–Trinajstić information content (AvgIpc) is 2.30. The maximum atomic E-state index is 11.2. The van der Waals surface area contributed by atoms with E-state index in [2.05, 4.69) is 9.47 Å². The van der Waals surface area contributed by atoms with Crippen LogP contribution in [0.1, 0.15) is 20.7 Å². The number of carbonyl (C=O) groups is 2. The Balaban J connectivity index is 3.12. The van der Waals surface area contributed by atoms with Crippen LogP contribution in [-0.4, -0.2) is 11.9 Å². The molecular weight excluding hydrogens is 212 g/mol. The highest BCUT2D eigenvalue weighted by Gasteiger charge is 2.19. The molecule has 0 aliphatic carbocycles. The fourth-order valence-corrected chi connectivity index (χ4v) is 1.03. The third-order valence-electron chi connectivity index (χ3n) is 1.64. The molecule has 0 aliphatic rings. The summed E-state index contributed by atoms with van der Waals surface area (Å²) in [6.07, 6.45) is 2.39. The van der Waals surface area contributed by atoms with E-state index < -0.39 is 11.9 Å². The minimum absolute atomic E-state index is 0.135. The van der Waals surface area contributed by atoms with Crippen molar-refractivity contribution < 1.29 is 19.1 Å². The molecule has 0 fully saturated rings. The van der Waals surface area contributed by atoms with Crippen molar-refractivity contribution in [3.8, 4) is 12.5 Å². The van der Waals surface area contributed by atoms with E-state index in [4.69, 9.17) is 10.5 Å². The van der Waals surface area contributed by atoms with E-state index in [1.165, 1.54) is 36.8 Å². The summed E-state index contributed by atoms with van der Waals surface area (Å²) in [6.45, 7) is 0. The van der Waals surface area contributed by atoms with E-state index in [0.717, 1.165) is 0 Å². The SMILES string of the molecule is N#COC(=O)c1ccccc1C(=O)OC#N. The van der Waals surface area contributed by atoms with Crippen LogP contribution in [0.4, 0.5) is 0 Å². The standard InChI is InChI=1S/C10H4N2O4/c11-5-15-9(13)7-3-1-2-4-8(7)10(14)16-6-12/h1-4H. The van der Waals surface area contributed by atoms with Crippen LogP contribution < -0.4 is 0 Å². The zero-order chi connectivity index (χ0) is 12.0. The molecule has 1 rings (SSSR count). The maximum Gasteiger partial charge on any atom is 0.354 e. The highest BCUT2D eigenvalue weighted by molar-refractivity contribution is 6.03. The number of hydrogen-bond acceptors (Lipinski definition) is 6. The monoisotopic (exact) mass is 216 g/mol. The number of ether oxygens (including phenoxy) is 2. The molecule has 0 aliphatic heterocycles. The van der Waals surface area contributed by atoms with Gasteiger partial charge in [-0.15, -0.1) is 10.5 Å². The van der Waals surface area contributed by atoms with Crippen molar-refractivity contribution >= 4 is 11.9 Å². The Kier molecular flexibility index (Phi) is 3.59. The molecule has 0 saturated carbocycles. The van der Waals surface area contributed by atoms with Crippen LogP contribution in [0.25, 0.3) is 0 Å². The van der Waals surface area contributed by atoms with Gasteiger partial charge in [-0.05, 0) is 12.1 Å². The molecule has 0 heterocycles. The average molecular weight is 216 g/mol. The van der Waals surface area contributed by atoms with Gasteiger partial charge in [0, 0.05) is 0 Å². The lowest BCUT2D eigenvalue weighted by Crippen LogP contribution is -2.10. The van der Waals surface area contributed by atoms with Gasteiger partial charge in [-0.1, -0.05) is 12.1 Å². The van der Waals surface area contributed by atoms with E-state index in [9.17, 15) is 9.59 Å². The van der Waals surface area contributed by atoms with Crippen LogP contribution in [0.3, 0.4) is 0 Å². The van der Waals surface area contributed by atoms with Gasteiger partial charge in [0.25, 0.3) is 12.5 Å². The molecule has 0 saturated heterocycles. The summed E-state index contributed by atoms with van der Waals surface area (Å²) >= 11 is 0. The normalized spacial score (nSPS) is 8.38. The summed E-state index contributed by atoms with van der Waals surface area (Å²) in [5.74, 6) is -1.96. The summed E-state index contributed by atoms with van der Waals surface area (Å²) < 4.78 is 8.15. The van der Waals surface area contributed by atoms with E-state index in [1.807, 2.05) is 0 Å². The number of benzene rings is 1. The van der Waals surface area contributed by atoms with Crippen LogP contribution in [0.15, 0.2) is 24.3 Å². The van der Waals surface area contributed by atoms with Gasteiger partial charge in [0.2, 0.25) is 0 Å². The minimum Gasteiger partial charge on any atom is -0.347 e. The van der Waals surface area contributed by atoms with Crippen molar-refractivity contribution in [2.24, 2.45) is 0 Å². The number of nitrogens with zero attached hydrogens (tertiary/aromatic N) is 2. The first kappa shape index (κ1) is 11.2. The van der Waals surface area contributed by atoms with Crippen LogP contribution in [0, 0.1) is 23.0 Å². The second kappa shape index (κ2) is 5.13. The molecule has 0 amide bonds. The molecule has 1 aromatic carbocycles. The summed E-state index contributed by atoms with van der Waals surface area (Å²) in [7, 11) is 0. The zero-order valence-electron chi connectivity index (χ0n) is 7.84. The molecule has 0 N–H and O–H groups in total. The topological polar surface area (TPSA) is 100 Å². The van der Waals surface area contributed by atoms with Gasteiger partial charge in [0.05, 0.1) is 11.1 Å². The Hall–Kier alpha value is -2.86. The minimum atomic E-state index is -0.979. The van der Waals surface area contributed by atoms with Crippen molar-refractivity contribution in [3.63, 3.8) is 0 Å². The Morgan fingerprint density at radius 3 is 1.62 bits per heavy atom. The van der Waals surface area contributed by atoms with Gasteiger partial charge in [0.1, 0.15) is 0 Å². The predicted molar refractivity (Wildman–Crippen MR) is 48.5 cm³/mol. The first-order valence-corrected chi connectivity index (χ1v) is 4.00. The molecule has 6 heteroatoms. The van der Waals surface area contributed by atoms with Crippen molar-refractivity contribution in [2.75, 3.05) is 0 Å². The summed E-state index contributed by atoms with van der Waals surface area (Å²) in [5.41, 5.74) is -0.270. The number of nitriles is 2. The zero-order valence-corrected chi connectivity index (χ0v) is 7.84. The van der Waals surface area contributed by atoms with Crippen molar-refractivity contribution in [3.05, 3.63) is 35.4 Å². The smallest absolute Gasteiger partial charge is 0.347 e. The molecule has 0 unspecified atom stereocenters. The van der Waals surface area contributed by atoms with Crippen molar-refractivity contribution in [1.82, 2.24) is 0 Å². The number of hydrogen-bond donors (Lipinski definition) is 0. The fourth-order valence-electron chi connectivity index (χ4n) is 1.03. The fraction of sp³-hybridized carbons (Fsp3) is 0. The van der Waals surface area contributed by atoms with Gasteiger partial charge >= 0.3 is 11.9 Å². The second-order valence-corrected chi connectivity index (χ2v) is 2.51. The van der Waals surface area contributed by atoms with Crippen molar-refractivity contribution in [1.29, 1.82) is 10.5 Å². The molecule has 1 aromatic rings. The predicted octanol–water partition coefficient (Wildman–Crippen LogP) is 0.962. The first-order chi connectivity index (χ1) is 7.70. The highest BCUT2D eigenvalue weighted by Crippen LogP contribution is 2.11. The number of carbonyl (C=O) groups excluding carboxylic acids is 2. The van der Waals surface area contributed by atoms with Gasteiger partial charge in [-0.2, -0.15) is 0 Å². The molecule has 6 nitrogen and oxygen atoms in total. The molecule has 16 heavy (non-hydrogen) atoms. The van der Waals surface area contributed by atoms with Gasteiger partial charge in [0.15, 0.2) is 0 Å². The van der Waals surface area contributed by atoms with Gasteiger partial charge in [-0.3, -0.25) is 0 Å². The van der Waals surface area contributed by atoms with E-state index in [0.29, 0.717) is 0 Å². The van der Waals surface area contributed by atoms with Crippen LogP contribution >= 0.6 is 0 Å². The molecule has 0 aromatic heterocycles. The molecule has 0 atom stereocenters. The lowest BCUT2D eigenvalue weighted by molar-refractivity contribution is 0.0641. The van der Waals surface area contributed by atoms with Gasteiger partial charge < -0.3 is 9.47 Å². The van der Waals surface area contributed by atoms with Crippen molar-refractivity contribution in [2.45, 2.75) is 0 Å². The lowest BCUT2D eigenvalue weighted by atomic mass is 10.1. The van der Waals surface area contributed by atoms with E-state index >= 15 is 0 Å². The first-order valence-electron chi connectivity index (χ1n) is 4.00. The summed E-state index contributed by atoms with van der Waals surface area (Å²) in [5, 5.41) is 16.3. The van der Waals surface area contributed by atoms with Gasteiger partial charge in [-0.25, -0.2) is 9.59 Å². The third kappa shape index (κ3) is 2.34. The molecule has 0 bridgehead atoms. The molecule has 0 radical (unpaired) electrons. The lowest BCUT2D eigenvalue weighted by Gasteiger charge is -2.02. The Morgan fingerprint density at radius 1 is 0.938 bits per heavy atom. The van der Waals surface area contributed by atoms with E-state index in [1.54, 1.807) is 0 Å². The van der Waals surface area contributed by atoms with Crippen LogP contribution in [0.2, 0.25) is 0 Å². The van der Waals surface area contributed by atoms with E-state index in [-0.39, 0.29) is 11.1 Å². The van der Waals surface area contributed by atoms with Crippen LogP contribution in [0.5, 0.6) is 0 Å². The third-order valence-corrected chi connectivity index (χ3v) is 1.64. The second-order valence-electron chi connectivity index (χ2n) is 2.51. The summed E-state index contributed by atoms with van der Waals surface area (Å²) in [4.78, 5) is 22.5. The number of esters is 2. The Labute approximate surface area is 90.2 Å². The quantitative estimate of drug-likeness (QED) is 0.539. The molecule has 0 spiro atoms. The largest absolute Gasteiger partial charge is 0.354 e. The molecule has 78 valence electrons. The molecular formula is C10H4N2O4. The summed E-state index contributed by atoms with van der Waals surface area (Å²) in [6, 6.07) is 5.54. The van der Waals surface area contributed by atoms with Crippen LogP contribution in [-0.2, 0) is 9.47 Å². The number of rotatable bonds is 2. The Bertz CT molecular complexity index is 463.